The first kappa shape index (κ1) is 11.0. The molecule has 0 spiro atoms. The van der Waals surface area contributed by atoms with Crippen molar-refractivity contribution in [2.45, 2.75) is 0 Å². The molecule has 0 aliphatic rings. The van der Waals surface area contributed by atoms with Gasteiger partial charge in [-0.25, -0.2) is 0 Å². The van der Waals surface area contributed by atoms with Crippen molar-refractivity contribution in [1.29, 1.82) is 0 Å². The van der Waals surface area contributed by atoms with E-state index in [9.17, 15) is 4.57 Å². The minimum Gasteiger partial charge on any atom is -1.00 e. The Balaban J connectivity index is -0.000000125. The molecule has 0 saturated carbocycles. The molecular weight excluding hydrogens is 126 g/mol. The molecule has 5 heteroatoms. The second-order valence-corrected chi connectivity index (χ2v) is 2.96. The second-order valence-electron chi connectivity index (χ2n) is 0.986. The molecular formula is C2H8NaO3P. The summed E-state index contributed by atoms with van der Waals surface area (Å²) in [6.07, 6.45) is 0. The van der Waals surface area contributed by atoms with Crippen molar-refractivity contribution in [1.82, 2.24) is 0 Å². The van der Waals surface area contributed by atoms with E-state index in [-0.39, 0.29) is 31.0 Å². The normalized spacial score (nSPS) is 17.0. The summed E-state index contributed by atoms with van der Waals surface area (Å²) in [5, 5.41) is 0. The maximum Gasteiger partial charge on any atom is 1.00 e. The van der Waals surface area contributed by atoms with Crippen molar-refractivity contribution in [3.8, 4) is 0 Å². The van der Waals surface area contributed by atoms with E-state index in [2.05, 4.69) is 4.52 Å². The predicted octanol–water partition coefficient (Wildman–Crippen LogP) is -2.44. The zero-order chi connectivity index (χ0) is 5.21. The van der Waals surface area contributed by atoms with Crippen molar-refractivity contribution in [3.05, 3.63) is 0 Å². The average Bonchev–Trinajstić information content (AvgIpc) is 1.35. The van der Waals surface area contributed by atoms with Gasteiger partial charge in [-0.1, -0.05) is 0 Å². The zero-order valence-corrected chi connectivity index (χ0v) is 7.61. The minimum absolute atomic E-state index is 0. The Kier molecular flexibility index (Phi) is 6.41. The van der Waals surface area contributed by atoms with Crippen LogP contribution in [0.25, 0.3) is 0 Å². The van der Waals surface area contributed by atoms with Crippen LogP contribution in [-0.2, 0) is 9.09 Å². The summed E-state index contributed by atoms with van der Waals surface area (Å²) in [6.45, 7) is 1.13. The van der Waals surface area contributed by atoms with Gasteiger partial charge in [0.2, 0.25) is 0 Å². The average molecular weight is 134 g/mol. The maximum atomic E-state index is 9.92. The molecule has 0 amide bonds. The Bertz CT molecular complexity index is 81.4. The summed E-state index contributed by atoms with van der Waals surface area (Å²) in [6, 6.07) is 0. The standard InChI is InChI=1S/C2H7O3P.Na.H/c1-5-6(2,3)4;;/h1-2H3,(H,3,4);;/q;+1;-1. The molecule has 3 nitrogen and oxygen atoms in total. The fourth-order valence-corrected chi connectivity index (χ4v) is 0. The molecule has 0 aromatic carbocycles. The fourth-order valence-electron chi connectivity index (χ4n) is 0. The van der Waals surface area contributed by atoms with Gasteiger partial charge < -0.3 is 10.8 Å². The third-order valence-electron chi connectivity index (χ3n) is 0.339. The first-order valence-electron chi connectivity index (χ1n) is 1.42. The van der Waals surface area contributed by atoms with E-state index in [0.717, 1.165) is 6.66 Å². The molecule has 0 aliphatic heterocycles. The molecule has 0 aromatic heterocycles. The number of hydrogen-bond acceptors (Lipinski definition) is 2. The quantitative estimate of drug-likeness (QED) is 0.320. The minimum atomic E-state index is -3.15. The van der Waals surface area contributed by atoms with E-state index in [1.54, 1.807) is 0 Å². The molecule has 0 radical (unpaired) electrons. The largest absolute Gasteiger partial charge is 1.00 e. The van der Waals surface area contributed by atoms with Gasteiger partial charge in [-0.3, -0.25) is 4.57 Å². The topological polar surface area (TPSA) is 46.5 Å². The van der Waals surface area contributed by atoms with E-state index in [4.69, 9.17) is 4.89 Å². The molecule has 1 atom stereocenters. The molecule has 0 saturated heterocycles. The Morgan fingerprint density at radius 1 is 1.86 bits per heavy atom. The van der Waals surface area contributed by atoms with Gasteiger partial charge in [-0.05, 0) is 0 Å². The van der Waals surface area contributed by atoms with Crippen molar-refractivity contribution in [3.63, 3.8) is 0 Å². The molecule has 0 fully saturated rings. The molecule has 0 heterocycles. The van der Waals surface area contributed by atoms with Crippen LogP contribution < -0.4 is 29.6 Å². The van der Waals surface area contributed by atoms with E-state index >= 15 is 0 Å². The summed E-state index contributed by atoms with van der Waals surface area (Å²) < 4.78 is 14.0. The van der Waals surface area contributed by atoms with Gasteiger partial charge in [0.25, 0.3) is 0 Å². The molecule has 40 valence electrons. The zero-order valence-electron chi connectivity index (χ0n) is 5.71. The van der Waals surface area contributed by atoms with Gasteiger partial charge >= 0.3 is 37.2 Å². The van der Waals surface area contributed by atoms with Crippen molar-refractivity contribution >= 4 is 7.60 Å². The van der Waals surface area contributed by atoms with Gasteiger partial charge in [0.1, 0.15) is 0 Å². The van der Waals surface area contributed by atoms with Gasteiger partial charge in [-0.2, -0.15) is 0 Å². The fraction of sp³-hybridized carbons (Fsp3) is 1.00. The van der Waals surface area contributed by atoms with E-state index < -0.39 is 7.60 Å². The third kappa shape index (κ3) is 11.0. The summed E-state index contributed by atoms with van der Waals surface area (Å²) >= 11 is 0. The second kappa shape index (κ2) is 4.07. The molecule has 1 N–H and O–H groups in total. The smallest absolute Gasteiger partial charge is 1.00 e. The SMILES string of the molecule is COP(C)(=O)O.[H-].[Na+]. The first-order chi connectivity index (χ1) is 2.56. The Morgan fingerprint density at radius 3 is 2.00 bits per heavy atom. The van der Waals surface area contributed by atoms with Gasteiger partial charge in [0.05, 0.1) is 0 Å². The van der Waals surface area contributed by atoms with Crippen molar-refractivity contribution in [2.24, 2.45) is 0 Å². The van der Waals surface area contributed by atoms with Crippen LogP contribution in [0.4, 0.5) is 0 Å². The Morgan fingerprint density at radius 2 is 2.00 bits per heavy atom. The van der Waals surface area contributed by atoms with Gasteiger partial charge in [0.15, 0.2) is 0 Å². The summed E-state index contributed by atoms with van der Waals surface area (Å²) in [5.41, 5.74) is 0. The van der Waals surface area contributed by atoms with Crippen LogP contribution in [0.2, 0.25) is 0 Å². The monoisotopic (exact) mass is 134 g/mol. The molecule has 0 rings (SSSR count). The predicted molar refractivity (Wildman–Crippen MR) is 23.9 cm³/mol. The van der Waals surface area contributed by atoms with E-state index in [0.29, 0.717) is 0 Å². The van der Waals surface area contributed by atoms with Crippen LogP contribution in [0.3, 0.4) is 0 Å². The summed E-state index contributed by atoms with van der Waals surface area (Å²) in [4.78, 5) is 8.16. The van der Waals surface area contributed by atoms with Gasteiger partial charge in [0, 0.05) is 13.8 Å². The van der Waals surface area contributed by atoms with Crippen LogP contribution in [0.5, 0.6) is 0 Å². The van der Waals surface area contributed by atoms with Crippen molar-refractivity contribution in [2.75, 3.05) is 13.8 Å². The number of rotatable bonds is 1. The summed E-state index contributed by atoms with van der Waals surface area (Å²) in [5.74, 6) is 0. The molecule has 0 aromatic rings. The molecule has 7 heavy (non-hydrogen) atoms. The Labute approximate surface area is 66.4 Å². The third-order valence-corrected chi connectivity index (χ3v) is 1.02. The summed E-state index contributed by atoms with van der Waals surface area (Å²) in [7, 11) is -1.95. The van der Waals surface area contributed by atoms with Crippen LogP contribution in [0, 0.1) is 0 Å². The maximum absolute atomic E-state index is 9.92. The molecule has 0 aliphatic carbocycles. The van der Waals surface area contributed by atoms with E-state index in [1.165, 1.54) is 7.11 Å². The van der Waals surface area contributed by atoms with Crippen LogP contribution in [0.15, 0.2) is 0 Å². The first-order valence-corrected chi connectivity index (χ1v) is 3.45. The van der Waals surface area contributed by atoms with Gasteiger partial charge in [-0.15, -0.1) is 0 Å². The van der Waals surface area contributed by atoms with Crippen molar-refractivity contribution < 1.29 is 45.0 Å². The van der Waals surface area contributed by atoms with E-state index in [1.807, 2.05) is 0 Å². The molecule has 0 bridgehead atoms. The van der Waals surface area contributed by atoms with Crippen LogP contribution in [-0.4, -0.2) is 18.7 Å². The van der Waals surface area contributed by atoms with Crippen LogP contribution >= 0.6 is 7.60 Å². The van der Waals surface area contributed by atoms with Crippen LogP contribution in [0.1, 0.15) is 1.43 Å². The number of hydrogen-bond donors (Lipinski definition) is 1. The molecule has 1 unspecified atom stereocenters. The Hall–Kier alpha value is 1.15.